The number of aryl methyl sites for hydroxylation is 1. The Morgan fingerprint density at radius 2 is 1.88 bits per heavy atom. The van der Waals surface area contributed by atoms with Gasteiger partial charge in [-0.2, -0.15) is 18.7 Å². The molecule has 9 heteroatoms. The van der Waals surface area contributed by atoms with Gasteiger partial charge in [-0.05, 0) is 41.8 Å². The number of rotatable bonds is 7. The first-order valence-electron chi connectivity index (χ1n) is 7.75. The molecule has 0 aliphatic heterocycles. The van der Waals surface area contributed by atoms with Crippen molar-refractivity contribution in [1.29, 1.82) is 0 Å². The van der Waals surface area contributed by atoms with Crippen molar-refractivity contribution >= 4 is 22.1 Å². The zero-order valence-electron chi connectivity index (χ0n) is 14.1. The van der Waals surface area contributed by atoms with Gasteiger partial charge in [-0.15, -0.1) is 11.8 Å². The Kier molecular flexibility index (Phi) is 5.60. The van der Waals surface area contributed by atoms with Gasteiger partial charge in [0.25, 0.3) is 0 Å². The first kappa shape index (κ1) is 18.4. The van der Waals surface area contributed by atoms with E-state index in [0.29, 0.717) is 12.1 Å². The van der Waals surface area contributed by atoms with E-state index < -0.39 is 10.3 Å². The van der Waals surface area contributed by atoms with E-state index in [1.54, 1.807) is 35.8 Å². The van der Waals surface area contributed by atoms with Crippen LogP contribution in [0.3, 0.4) is 0 Å². The summed E-state index contributed by atoms with van der Waals surface area (Å²) in [6, 6.07) is 13.6. The predicted octanol–water partition coefficient (Wildman–Crippen LogP) is 2.51. The summed E-state index contributed by atoms with van der Waals surface area (Å²) in [7, 11) is -4.01. The molecule has 0 radical (unpaired) electrons. The van der Waals surface area contributed by atoms with E-state index in [-0.39, 0.29) is 5.75 Å². The van der Waals surface area contributed by atoms with E-state index in [1.807, 2.05) is 12.1 Å². The van der Waals surface area contributed by atoms with Crippen molar-refractivity contribution < 1.29 is 12.6 Å². The summed E-state index contributed by atoms with van der Waals surface area (Å²) < 4.78 is 28.5. The second-order valence-electron chi connectivity index (χ2n) is 5.70. The fraction of sp³-hybridized carbons (Fsp3) is 0.176. The Morgan fingerprint density at radius 3 is 2.50 bits per heavy atom. The summed E-state index contributed by atoms with van der Waals surface area (Å²) in [6.45, 7) is 2.47. The summed E-state index contributed by atoms with van der Waals surface area (Å²) in [6.07, 6.45) is 3.21. The quantitative estimate of drug-likeness (QED) is 0.622. The van der Waals surface area contributed by atoms with E-state index in [0.717, 1.165) is 16.2 Å². The first-order valence-corrected chi connectivity index (χ1v) is 10.2. The Balaban J connectivity index is 1.59. The minimum Gasteiger partial charge on any atom is -0.371 e. The third kappa shape index (κ3) is 5.32. The molecule has 3 aromatic rings. The highest BCUT2D eigenvalue weighted by Gasteiger charge is 2.09. The molecular weight excluding hydrogens is 372 g/mol. The molecule has 0 bridgehead atoms. The highest BCUT2D eigenvalue weighted by atomic mass is 32.2. The topological polar surface area (TPSA) is 100 Å². The minimum absolute atomic E-state index is 0.245. The van der Waals surface area contributed by atoms with Crippen LogP contribution in [0.1, 0.15) is 16.7 Å². The van der Waals surface area contributed by atoms with Gasteiger partial charge >= 0.3 is 10.3 Å². The molecule has 2 aromatic carbocycles. The third-order valence-corrected chi connectivity index (χ3v) is 5.07. The molecule has 0 saturated heterocycles. The molecule has 1 aromatic heterocycles. The fourth-order valence-corrected chi connectivity index (χ4v) is 3.73. The maximum absolute atomic E-state index is 11.0. The van der Waals surface area contributed by atoms with Crippen LogP contribution < -0.4 is 9.32 Å². The highest BCUT2D eigenvalue weighted by Crippen LogP contribution is 2.28. The Hall–Kier alpha value is -2.36. The van der Waals surface area contributed by atoms with Crippen molar-refractivity contribution in [2.24, 2.45) is 5.14 Å². The number of hydrogen-bond acceptors (Lipinski definition) is 6. The van der Waals surface area contributed by atoms with Gasteiger partial charge in [0.1, 0.15) is 18.4 Å². The van der Waals surface area contributed by atoms with Gasteiger partial charge in [-0.25, -0.2) is 9.67 Å². The molecule has 7 nitrogen and oxygen atoms in total. The Bertz CT molecular complexity index is 972. The molecule has 0 fully saturated rings. The Morgan fingerprint density at radius 1 is 1.15 bits per heavy atom. The monoisotopic (exact) mass is 390 g/mol. The number of thioether (sulfide) groups is 1. The molecular formula is C17H18N4O3S2. The van der Waals surface area contributed by atoms with Crippen molar-refractivity contribution in [3.8, 4) is 5.75 Å². The second-order valence-corrected chi connectivity index (χ2v) is 7.90. The van der Waals surface area contributed by atoms with Crippen LogP contribution >= 0.6 is 11.8 Å². The van der Waals surface area contributed by atoms with Crippen molar-refractivity contribution in [3.63, 3.8) is 0 Å². The number of aromatic nitrogens is 3. The molecule has 1 heterocycles. The van der Waals surface area contributed by atoms with E-state index in [1.165, 1.54) is 11.9 Å². The van der Waals surface area contributed by atoms with Crippen LogP contribution in [0, 0.1) is 6.92 Å². The Labute approximate surface area is 156 Å². The van der Waals surface area contributed by atoms with Crippen LogP contribution in [0.25, 0.3) is 0 Å². The molecule has 0 spiro atoms. The minimum atomic E-state index is -4.01. The van der Waals surface area contributed by atoms with Gasteiger partial charge in [-0.3, -0.25) is 0 Å². The van der Waals surface area contributed by atoms with Gasteiger partial charge in [0.2, 0.25) is 0 Å². The lowest BCUT2D eigenvalue weighted by atomic mass is 10.1. The van der Waals surface area contributed by atoms with Crippen molar-refractivity contribution in [1.82, 2.24) is 14.8 Å². The van der Waals surface area contributed by atoms with Crippen LogP contribution in [0.2, 0.25) is 0 Å². The first-order chi connectivity index (χ1) is 12.4. The lowest BCUT2D eigenvalue weighted by molar-refractivity contribution is 0.485. The summed E-state index contributed by atoms with van der Waals surface area (Å²) in [5, 5.41) is 8.99. The van der Waals surface area contributed by atoms with E-state index >= 15 is 0 Å². The lowest BCUT2D eigenvalue weighted by Crippen LogP contribution is -2.19. The van der Waals surface area contributed by atoms with Gasteiger partial charge in [0.05, 0.1) is 6.54 Å². The van der Waals surface area contributed by atoms with E-state index in [4.69, 9.17) is 9.32 Å². The molecule has 0 atom stereocenters. The smallest absolute Gasteiger partial charge is 0.371 e. The summed E-state index contributed by atoms with van der Waals surface area (Å²) in [5.41, 5.74) is 3.07. The van der Waals surface area contributed by atoms with Crippen LogP contribution in [-0.2, 0) is 22.6 Å². The zero-order chi connectivity index (χ0) is 18.6. The van der Waals surface area contributed by atoms with Crippen LogP contribution in [0.15, 0.2) is 60.0 Å². The summed E-state index contributed by atoms with van der Waals surface area (Å²) in [5.74, 6) is 1.05. The van der Waals surface area contributed by atoms with Crippen LogP contribution in [0.4, 0.5) is 0 Å². The molecule has 0 unspecified atom stereocenters. The zero-order valence-corrected chi connectivity index (χ0v) is 15.7. The maximum Gasteiger partial charge on any atom is 0.380 e. The van der Waals surface area contributed by atoms with Gasteiger partial charge in [-0.1, -0.05) is 24.3 Å². The average Bonchev–Trinajstić information content (AvgIpc) is 3.08. The molecule has 136 valence electrons. The van der Waals surface area contributed by atoms with E-state index in [2.05, 4.69) is 34.3 Å². The fourth-order valence-electron chi connectivity index (χ4n) is 2.34. The molecule has 26 heavy (non-hydrogen) atoms. The molecule has 0 amide bonds. The van der Waals surface area contributed by atoms with Crippen molar-refractivity contribution in [2.75, 3.05) is 0 Å². The standard InChI is InChI=1S/C17H18N4O3S2/c1-13-8-16(6-7-17(13)24-26(18,22)23)25-10-15-4-2-14(3-5-15)9-21-12-19-11-20-21/h2-8,11-12H,9-10H2,1H3,(H2,18,22,23). The van der Waals surface area contributed by atoms with Crippen molar-refractivity contribution in [3.05, 3.63) is 71.8 Å². The normalized spacial score (nSPS) is 11.5. The molecule has 0 aliphatic rings. The molecule has 2 N–H and O–H groups in total. The predicted molar refractivity (Wildman–Crippen MR) is 100 cm³/mol. The number of nitrogens with zero attached hydrogens (tertiary/aromatic N) is 3. The number of hydrogen-bond donors (Lipinski definition) is 1. The summed E-state index contributed by atoms with van der Waals surface area (Å²) >= 11 is 1.66. The van der Waals surface area contributed by atoms with Crippen LogP contribution in [0.5, 0.6) is 5.75 Å². The molecule has 3 rings (SSSR count). The highest BCUT2D eigenvalue weighted by molar-refractivity contribution is 7.98. The van der Waals surface area contributed by atoms with Gasteiger partial charge < -0.3 is 4.18 Å². The van der Waals surface area contributed by atoms with Gasteiger partial charge in [0, 0.05) is 10.6 Å². The molecule has 0 saturated carbocycles. The summed E-state index contributed by atoms with van der Waals surface area (Å²) in [4.78, 5) is 4.96. The lowest BCUT2D eigenvalue weighted by Gasteiger charge is -2.09. The van der Waals surface area contributed by atoms with Crippen molar-refractivity contribution in [2.45, 2.75) is 24.1 Å². The maximum atomic E-state index is 11.0. The molecule has 0 aliphatic carbocycles. The SMILES string of the molecule is Cc1cc(SCc2ccc(Cn3cncn3)cc2)ccc1OS(N)(=O)=O. The van der Waals surface area contributed by atoms with E-state index in [9.17, 15) is 8.42 Å². The largest absolute Gasteiger partial charge is 0.380 e. The average molecular weight is 390 g/mol. The third-order valence-electron chi connectivity index (χ3n) is 3.59. The second kappa shape index (κ2) is 7.90. The van der Waals surface area contributed by atoms with Gasteiger partial charge in [0.15, 0.2) is 0 Å². The number of benzene rings is 2. The van der Waals surface area contributed by atoms with Crippen LogP contribution in [-0.4, -0.2) is 23.2 Å². The number of nitrogens with two attached hydrogens (primary N) is 1.